The van der Waals surface area contributed by atoms with E-state index in [9.17, 15) is 9.50 Å². The quantitative estimate of drug-likeness (QED) is 0.248. The fourth-order valence-corrected chi connectivity index (χ4v) is 9.33. The highest BCUT2D eigenvalue weighted by atomic mass is 35.5. The van der Waals surface area contributed by atoms with Crippen LogP contribution in [0.1, 0.15) is 63.7 Å². The van der Waals surface area contributed by atoms with E-state index in [-0.39, 0.29) is 65.7 Å². The minimum atomic E-state index is -1.22. The van der Waals surface area contributed by atoms with Crippen LogP contribution in [0, 0.1) is 18.2 Å². The van der Waals surface area contributed by atoms with E-state index in [4.69, 9.17) is 45.5 Å². The van der Waals surface area contributed by atoms with Gasteiger partial charge in [0.1, 0.15) is 40.8 Å². The van der Waals surface area contributed by atoms with Crippen molar-refractivity contribution < 1.29 is 32.8 Å². The molecule has 0 bridgehead atoms. The van der Waals surface area contributed by atoms with Gasteiger partial charge in [-0.3, -0.25) is 4.90 Å². The van der Waals surface area contributed by atoms with E-state index in [0.29, 0.717) is 48.7 Å². The molecule has 5 aliphatic rings. The SMILES string of the molecule is COc1nc(-c2c(Cl)c(C)cc3c2cnn3C2CCCCO2)c(F)c2nc(OC[C@@]34C[C@@H](F)CN3CC3(CC3)C4)nc(N3CCOC[C@@](C)(O)C3)c12. The summed E-state index contributed by atoms with van der Waals surface area (Å²) in [6.45, 7) is 6.52. The van der Waals surface area contributed by atoms with Gasteiger partial charge in [0.15, 0.2) is 12.0 Å². The lowest BCUT2D eigenvalue weighted by Crippen LogP contribution is -2.44. The predicted octanol–water partition coefficient (Wildman–Crippen LogP) is 5.78. The Morgan fingerprint density at radius 1 is 1.15 bits per heavy atom. The van der Waals surface area contributed by atoms with Crippen molar-refractivity contribution in [3.8, 4) is 23.1 Å². The molecule has 1 N–H and O–H groups in total. The number of halogens is 3. The van der Waals surface area contributed by atoms with E-state index in [1.54, 1.807) is 13.1 Å². The fraction of sp³-hybridized carbons (Fsp3) is 0.622. The summed E-state index contributed by atoms with van der Waals surface area (Å²) in [5.41, 5.74) is 0.232. The zero-order valence-corrected chi connectivity index (χ0v) is 30.5. The molecule has 1 unspecified atom stereocenters. The van der Waals surface area contributed by atoms with Crippen LogP contribution in [0.4, 0.5) is 14.6 Å². The lowest BCUT2D eigenvalue weighted by atomic mass is 9.89. The third-order valence-electron chi connectivity index (χ3n) is 11.7. The summed E-state index contributed by atoms with van der Waals surface area (Å²) in [5.74, 6) is -0.365. The number of pyridine rings is 1. The number of fused-ring (bicyclic) bond motifs is 3. The number of aromatic nitrogens is 5. The Hall–Kier alpha value is -3.43. The number of hydrogen-bond acceptors (Lipinski definition) is 11. The molecule has 3 aromatic heterocycles. The Bertz CT molecular complexity index is 2050. The van der Waals surface area contributed by atoms with Gasteiger partial charge in [0.2, 0.25) is 5.88 Å². The molecule has 52 heavy (non-hydrogen) atoms. The van der Waals surface area contributed by atoms with Crippen molar-refractivity contribution in [2.24, 2.45) is 5.41 Å². The molecule has 1 aliphatic carbocycles. The fourth-order valence-electron chi connectivity index (χ4n) is 9.09. The molecule has 4 saturated heterocycles. The number of β-amino-alcohol motifs (C(OH)–C–C–N with tert-alkyl or cyclic N) is 1. The van der Waals surface area contributed by atoms with Crippen molar-refractivity contribution in [1.29, 1.82) is 0 Å². The summed E-state index contributed by atoms with van der Waals surface area (Å²) in [5, 5.41) is 17.0. The van der Waals surface area contributed by atoms with Crippen LogP contribution >= 0.6 is 11.6 Å². The smallest absolute Gasteiger partial charge is 0.319 e. The average Bonchev–Trinajstić information content (AvgIpc) is 3.57. The van der Waals surface area contributed by atoms with Gasteiger partial charge in [-0.2, -0.15) is 15.1 Å². The van der Waals surface area contributed by atoms with E-state index < -0.39 is 23.1 Å². The normalized spacial score (nSPS) is 28.9. The van der Waals surface area contributed by atoms with Gasteiger partial charge in [-0.1, -0.05) is 11.6 Å². The van der Waals surface area contributed by atoms with Crippen LogP contribution < -0.4 is 14.4 Å². The molecule has 0 radical (unpaired) electrons. The van der Waals surface area contributed by atoms with E-state index in [2.05, 4.69) is 10.00 Å². The van der Waals surface area contributed by atoms with Gasteiger partial charge in [0.05, 0.1) is 49.1 Å². The molecule has 5 fully saturated rings. The van der Waals surface area contributed by atoms with Crippen LogP contribution in [-0.2, 0) is 9.47 Å². The van der Waals surface area contributed by atoms with Gasteiger partial charge in [-0.25, -0.2) is 18.4 Å². The predicted molar refractivity (Wildman–Crippen MR) is 190 cm³/mol. The Morgan fingerprint density at radius 2 is 2.00 bits per heavy atom. The molecular weight excluding hydrogens is 696 g/mol. The zero-order chi connectivity index (χ0) is 36.0. The van der Waals surface area contributed by atoms with Crippen LogP contribution in [0.5, 0.6) is 11.9 Å². The number of nitrogens with zero attached hydrogens (tertiary/aromatic N) is 7. The second-order valence-electron chi connectivity index (χ2n) is 15.9. The van der Waals surface area contributed by atoms with Gasteiger partial charge in [0, 0.05) is 43.6 Å². The highest BCUT2D eigenvalue weighted by Crippen LogP contribution is 2.61. The number of aryl methyl sites for hydroxylation is 1. The first kappa shape index (κ1) is 34.3. The van der Waals surface area contributed by atoms with Crippen molar-refractivity contribution in [2.75, 3.05) is 64.6 Å². The lowest BCUT2D eigenvalue weighted by molar-refractivity contribution is -0.0366. The number of methoxy groups -OCH3 is 1. The van der Waals surface area contributed by atoms with E-state index in [1.165, 1.54) is 7.11 Å². The molecule has 12 nitrogen and oxygen atoms in total. The van der Waals surface area contributed by atoms with Crippen molar-refractivity contribution in [1.82, 2.24) is 29.6 Å². The molecule has 15 heteroatoms. The lowest BCUT2D eigenvalue weighted by Gasteiger charge is -2.31. The molecule has 1 aromatic carbocycles. The second-order valence-corrected chi connectivity index (χ2v) is 16.3. The second kappa shape index (κ2) is 12.6. The van der Waals surface area contributed by atoms with Crippen LogP contribution in [0.3, 0.4) is 0 Å². The summed E-state index contributed by atoms with van der Waals surface area (Å²) >= 11 is 7.01. The molecule has 1 spiro atoms. The largest absolute Gasteiger partial charge is 0.480 e. The van der Waals surface area contributed by atoms with Gasteiger partial charge >= 0.3 is 6.01 Å². The number of hydrogen-bond donors (Lipinski definition) is 1. The maximum Gasteiger partial charge on any atom is 0.319 e. The summed E-state index contributed by atoms with van der Waals surface area (Å²) in [6.07, 6.45) is 6.81. The molecule has 4 aromatic rings. The van der Waals surface area contributed by atoms with E-state index >= 15 is 4.39 Å². The first-order valence-electron chi connectivity index (χ1n) is 18.3. The first-order chi connectivity index (χ1) is 25.0. The number of ether oxygens (including phenoxy) is 4. The average molecular weight is 740 g/mol. The minimum absolute atomic E-state index is 0.0541. The molecule has 7 heterocycles. The monoisotopic (exact) mass is 739 g/mol. The molecular formula is C37H44ClF2N7O5. The Morgan fingerprint density at radius 3 is 2.77 bits per heavy atom. The number of benzene rings is 1. The number of alkyl halides is 1. The van der Waals surface area contributed by atoms with Crippen molar-refractivity contribution in [3.05, 3.63) is 28.7 Å². The third kappa shape index (κ3) is 5.76. The Labute approximate surface area is 305 Å². The molecule has 278 valence electrons. The molecule has 0 amide bonds. The summed E-state index contributed by atoms with van der Waals surface area (Å²) in [7, 11) is 1.46. The van der Waals surface area contributed by atoms with Gasteiger partial charge < -0.3 is 29.0 Å². The molecule has 4 atom stereocenters. The molecule has 1 saturated carbocycles. The van der Waals surface area contributed by atoms with E-state index in [1.807, 2.05) is 22.6 Å². The first-order valence-corrected chi connectivity index (χ1v) is 18.7. The highest BCUT2D eigenvalue weighted by molar-refractivity contribution is 6.35. The maximum atomic E-state index is 17.4. The summed E-state index contributed by atoms with van der Waals surface area (Å²) < 4.78 is 58.2. The van der Waals surface area contributed by atoms with Gasteiger partial charge in [-0.15, -0.1) is 0 Å². The topological polar surface area (TPSA) is 120 Å². The van der Waals surface area contributed by atoms with Crippen molar-refractivity contribution in [3.63, 3.8) is 0 Å². The van der Waals surface area contributed by atoms with Gasteiger partial charge in [-0.05, 0) is 69.4 Å². The zero-order valence-electron chi connectivity index (χ0n) is 29.8. The van der Waals surface area contributed by atoms with Crippen molar-refractivity contribution in [2.45, 2.75) is 82.3 Å². The standard InChI is InChI=1S/C37H44ClF2N7O5/c1-21-12-24-23(14-41-47(24)25-6-4-5-10-51-25)26(28(21)38)30-29(40)31-27(33(42-30)49-3)32(45-9-11-50-19-35(2,48)17-45)44-34(43-31)52-20-37-13-22(39)15-46(37)18-36(16-37)7-8-36/h12,14,22,25,48H,4-11,13,15-20H2,1-3H3/t22-,25?,35+,37+/m1/s1. The van der Waals surface area contributed by atoms with Crippen LogP contribution in [0.15, 0.2) is 12.3 Å². The Balaban J connectivity index is 1.20. The molecule has 4 aliphatic heterocycles. The maximum absolute atomic E-state index is 17.4. The van der Waals surface area contributed by atoms with E-state index in [0.717, 1.165) is 56.1 Å². The molecule has 9 rings (SSSR count). The van der Waals surface area contributed by atoms with Crippen molar-refractivity contribution >= 4 is 39.2 Å². The van der Waals surface area contributed by atoms with Crippen LogP contribution in [0.2, 0.25) is 5.02 Å². The number of aliphatic hydroxyl groups is 1. The number of anilines is 1. The van der Waals surface area contributed by atoms with Crippen LogP contribution in [0.25, 0.3) is 33.1 Å². The minimum Gasteiger partial charge on any atom is -0.480 e. The number of rotatable bonds is 7. The summed E-state index contributed by atoms with van der Waals surface area (Å²) in [6, 6.07) is 1.88. The Kier molecular flexibility index (Phi) is 8.31. The highest BCUT2D eigenvalue weighted by Gasteiger charge is 2.62. The van der Waals surface area contributed by atoms with Gasteiger partial charge in [0.25, 0.3) is 0 Å². The summed E-state index contributed by atoms with van der Waals surface area (Å²) in [4.78, 5) is 18.3. The third-order valence-corrected chi connectivity index (χ3v) is 12.2. The van der Waals surface area contributed by atoms with Crippen LogP contribution in [-0.4, -0.2) is 112 Å².